The molecule has 0 spiro atoms. The largest absolute Gasteiger partial charge is 0.493 e. The van der Waals surface area contributed by atoms with Gasteiger partial charge in [0.15, 0.2) is 18.1 Å². The Hall–Kier alpha value is -2.58. The van der Waals surface area contributed by atoms with E-state index in [2.05, 4.69) is 21.2 Å². The molecule has 1 N–H and O–H groups in total. The lowest BCUT2D eigenvalue weighted by Crippen LogP contribution is -2.42. The van der Waals surface area contributed by atoms with Gasteiger partial charge in [-0.25, -0.2) is 0 Å². The zero-order valence-electron chi connectivity index (χ0n) is 17.9. The van der Waals surface area contributed by atoms with Crippen molar-refractivity contribution >= 4 is 27.7 Å². The van der Waals surface area contributed by atoms with E-state index in [0.717, 1.165) is 10.0 Å². The van der Waals surface area contributed by atoms with Gasteiger partial charge in [-0.15, -0.1) is 0 Å². The van der Waals surface area contributed by atoms with Crippen LogP contribution >= 0.6 is 15.9 Å². The summed E-state index contributed by atoms with van der Waals surface area (Å²) in [6, 6.07) is 12.9. The molecule has 3 rings (SSSR count). The fourth-order valence-electron chi connectivity index (χ4n) is 3.32. The van der Waals surface area contributed by atoms with E-state index < -0.39 is 0 Å². The number of methoxy groups -OCH3 is 1. The zero-order valence-corrected chi connectivity index (χ0v) is 19.5. The summed E-state index contributed by atoms with van der Waals surface area (Å²) in [6.07, 6.45) is -0.172. The highest BCUT2D eigenvalue weighted by Gasteiger charge is 2.26. The van der Waals surface area contributed by atoms with E-state index in [0.29, 0.717) is 36.8 Å². The Labute approximate surface area is 190 Å². The van der Waals surface area contributed by atoms with E-state index in [1.807, 2.05) is 38.1 Å². The molecule has 8 heteroatoms. The molecular weight excluding hydrogens is 464 g/mol. The lowest BCUT2D eigenvalue weighted by atomic mass is 10.1. The summed E-state index contributed by atoms with van der Waals surface area (Å²) in [6.45, 7) is 5.09. The van der Waals surface area contributed by atoms with Gasteiger partial charge in [0, 0.05) is 22.6 Å². The van der Waals surface area contributed by atoms with Gasteiger partial charge in [-0.1, -0.05) is 28.1 Å². The topological polar surface area (TPSA) is 77.1 Å². The fourth-order valence-corrected chi connectivity index (χ4v) is 3.59. The van der Waals surface area contributed by atoms with E-state index in [4.69, 9.17) is 14.2 Å². The zero-order chi connectivity index (χ0) is 22.4. The minimum atomic E-state index is -0.218. The van der Waals surface area contributed by atoms with Gasteiger partial charge in [-0.05, 0) is 49.7 Å². The summed E-state index contributed by atoms with van der Waals surface area (Å²) >= 11 is 3.43. The van der Waals surface area contributed by atoms with E-state index in [1.165, 1.54) is 7.11 Å². The molecule has 1 aliphatic heterocycles. The molecule has 166 valence electrons. The van der Waals surface area contributed by atoms with Crippen LogP contribution in [-0.2, 0) is 9.53 Å². The normalized spacial score (nSPS) is 16.2. The molecule has 1 fully saturated rings. The summed E-state index contributed by atoms with van der Waals surface area (Å²) in [7, 11) is 1.50. The third kappa shape index (κ3) is 6.21. The summed E-state index contributed by atoms with van der Waals surface area (Å²) in [4.78, 5) is 26.7. The minimum absolute atomic E-state index is 0.0350. The number of hydrogen-bond acceptors (Lipinski definition) is 5. The number of nitrogens with zero attached hydrogens (tertiary/aromatic N) is 1. The van der Waals surface area contributed by atoms with Crippen LogP contribution in [0.15, 0.2) is 46.9 Å². The molecule has 0 bridgehead atoms. The molecule has 0 radical (unpaired) electrons. The van der Waals surface area contributed by atoms with Crippen molar-refractivity contribution in [2.45, 2.75) is 26.0 Å². The Kier molecular flexibility index (Phi) is 7.92. The highest BCUT2D eigenvalue weighted by molar-refractivity contribution is 9.10. The first-order valence-corrected chi connectivity index (χ1v) is 10.9. The number of halogens is 1. The Morgan fingerprint density at radius 1 is 1.19 bits per heavy atom. The number of amides is 2. The standard InChI is InChI=1S/C23H27BrN2O5/c1-15(2)25-22(27)14-31-19-9-6-17(12-20(19)29-3)23(28)26-10-11-30-21(13-26)16-4-7-18(24)8-5-16/h4-9,12,15,21H,10-11,13-14H2,1-3H3,(H,25,27). The van der Waals surface area contributed by atoms with Crippen LogP contribution in [0.1, 0.15) is 35.9 Å². The quantitative estimate of drug-likeness (QED) is 0.641. The van der Waals surface area contributed by atoms with Crippen molar-refractivity contribution in [2.24, 2.45) is 0 Å². The number of nitrogens with one attached hydrogen (secondary N) is 1. The van der Waals surface area contributed by atoms with Crippen LogP contribution in [0, 0.1) is 0 Å². The predicted molar refractivity (Wildman–Crippen MR) is 121 cm³/mol. The van der Waals surface area contributed by atoms with E-state index in [-0.39, 0.29) is 30.6 Å². The maximum atomic E-state index is 13.1. The third-order valence-corrected chi connectivity index (χ3v) is 5.34. The fraction of sp³-hybridized carbons (Fsp3) is 0.391. The first kappa shape index (κ1) is 23.1. The summed E-state index contributed by atoms with van der Waals surface area (Å²) in [5, 5.41) is 2.76. The molecular formula is C23H27BrN2O5. The van der Waals surface area contributed by atoms with Gasteiger partial charge in [0.25, 0.3) is 11.8 Å². The maximum Gasteiger partial charge on any atom is 0.258 e. The first-order chi connectivity index (χ1) is 14.9. The SMILES string of the molecule is COc1cc(C(=O)N2CCOC(c3ccc(Br)cc3)C2)ccc1OCC(=O)NC(C)C. The number of morpholine rings is 1. The van der Waals surface area contributed by atoms with Gasteiger partial charge in [-0.3, -0.25) is 9.59 Å². The molecule has 1 heterocycles. The molecule has 1 atom stereocenters. The van der Waals surface area contributed by atoms with Crippen LogP contribution in [0.25, 0.3) is 0 Å². The Morgan fingerprint density at radius 2 is 1.94 bits per heavy atom. The molecule has 7 nitrogen and oxygen atoms in total. The Morgan fingerprint density at radius 3 is 2.61 bits per heavy atom. The lowest BCUT2D eigenvalue weighted by molar-refractivity contribution is -0.123. The van der Waals surface area contributed by atoms with E-state index in [9.17, 15) is 9.59 Å². The van der Waals surface area contributed by atoms with Crippen molar-refractivity contribution in [3.05, 3.63) is 58.1 Å². The average Bonchev–Trinajstić information content (AvgIpc) is 2.77. The van der Waals surface area contributed by atoms with Crippen molar-refractivity contribution < 1.29 is 23.8 Å². The van der Waals surface area contributed by atoms with E-state index in [1.54, 1.807) is 23.1 Å². The number of hydrogen-bond donors (Lipinski definition) is 1. The summed E-state index contributed by atoms with van der Waals surface area (Å²) in [5.74, 6) is 0.492. The van der Waals surface area contributed by atoms with Crippen molar-refractivity contribution in [1.29, 1.82) is 0 Å². The molecule has 1 aliphatic rings. The molecule has 31 heavy (non-hydrogen) atoms. The van der Waals surface area contributed by atoms with Crippen LogP contribution in [0.5, 0.6) is 11.5 Å². The van der Waals surface area contributed by atoms with Gasteiger partial charge >= 0.3 is 0 Å². The molecule has 1 saturated heterocycles. The van der Waals surface area contributed by atoms with Gasteiger partial charge in [0.2, 0.25) is 0 Å². The molecule has 0 saturated carbocycles. The second-order valence-corrected chi connectivity index (χ2v) is 8.45. The summed E-state index contributed by atoms with van der Waals surface area (Å²) in [5.41, 5.74) is 1.52. The molecule has 1 unspecified atom stereocenters. The number of benzene rings is 2. The highest BCUT2D eigenvalue weighted by Crippen LogP contribution is 2.30. The Bertz CT molecular complexity index is 917. The third-order valence-electron chi connectivity index (χ3n) is 4.81. The van der Waals surface area contributed by atoms with Gasteiger partial charge in [0.1, 0.15) is 6.10 Å². The lowest BCUT2D eigenvalue weighted by Gasteiger charge is -2.33. The van der Waals surface area contributed by atoms with Crippen molar-refractivity contribution in [2.75, 3.05) is 33.4 Å². The number of ether oxygens (including phenoxy) is 3. The van der Waals surface area contributed by atoms with Gasteiger partial charge < -0.3 is 24.4 Å². The first-order valence-electron chi connectivity index (χ1n) is 10.1. The van der Waals surface area contributed by atoms with Crippen LogP contribution in [0.4, 0.5) is 0 Å². The molecule has 2 aromatic rings. The van der Waals surface area contributed by atoms with Crippen molar-refractivity contribution in [1.82, 2.24) is 10.2 Å². The second-order valence-electron chi connectivity index (χ2n) is 7.54. The average molecular weight is 491 g/mol. The monoisotopic (exact) mass is 490 g/mol. The van der Waals surface area contributed by atoms with Gasteiger partial charge in [-0.2, -0.15) is 0 Å². The van der Waals surface area contributed by atoms with Crippen molar-refractivity contribution in [3.8, 4) is 11.5 Å². The molecule has 0 aliphatic carbocycles. The molecule has 0 aromatic heterocycles. The minimum Gasteiger partial charge on any atom is -0.493 e. The summed E-state index contributed by atoms with van der Waals surface area (Å²) < 4.78 is 17.8. The highest BCUT2D eigenvalue weighted by atomic mass is 79.9. The number of carbonyl (C=O) groups is 2. The van der Waals surface area contributed by atoms with Gasteiger partial charge in [0.05, 0.1) is 20.3 Å². The molecule has 2 aromatic carbocycles. The van der Waals surface area contributed by atoms with Crippen molar-refractivity contribution in [3.63, 3.8) is 0 Å². The van der Waals surface area contributed by atoms with Crippen LogP contribution in [-0.4, -0.2) is 56.2 Å². The molecule has 2 amide bonds. The van der Waals surface area contributed by atoms with E-state index >= 15 is 0 Å². The Balaban J connectivity index is 1.68. The number of rotatable bonds is 7. The van der Waals surface area contributed by atoms with Crippen LogP contribution < -0.4 is 14.8 Å². The maximum absolute atomic E-state index is 13.1. The number of carbonyl (C=O) groups excluding carboxylic acids is 2. The van der Waals surface area contributed by atoms with Crippen LogP contribution in [0.3, 0.4) is 0 Å². The predicted octanol–water partition coefficient (Wildman–Crippen LogP) is 3.57. The second kappa shape index (κ2) is 10.6. The smallest absolute Gasteiger partial charge is 0.258 e. The van der Waals surface area contributed by atoms with Crippen LogP contribution in [0.2, 0.25) is 0 Å².